The SMILES string of the molecule is CCO[Si](OCC)(OCC)c1ccccc1CNCCN. The van der Waals surface area contributed by atoms with Crippen LogP contribution >= 0.6 is 0 Å². The van der Waals surface area contributed by atoms with E-state index in [1.807, 2.05) is 39.0 Å². The van der Waals surface area contributed by atoms with Crippen LogP contribution in [0.15, 0.2) is 24.3 Å². The molecule has 0 radical (unpaired) electrons. The van der Waals surface area contributed by atoms with Crippen molar-refractivity contribution in [2.45, 2.75) is 27.3 Å². The van der Waals surface area contributed by atoms with Crippen molar-refractivity contribution in [3.63, 3.8) is 0 Å². The monoisotopic (exact) mass is 312 g/mol. The van der Waals surface area contributed by atoms with Crippen LogP contribution in [0.1, 0.15) is 26.3 Å². The van der Waals surface area contributed by atoms with Gasteiger partial charge >= 0.3 is 8.80 Å². The number of hydrogen-bond acceptors (Lipinski definition) is 5. The van der Waals surface area contributed by atoms with E-state index in [0.29, 0.717) is 26.4 Å². The highest BCUT2D eigenvalue weighted by atomic mass is 28.4. The normalized spacial score (nSPS) is 11.8. The third-order valence-corrected chi connectivity index (χ3v) is 6.14. The van der Waals surface area contributed by atoms with Crippen molar-refractivity contribution in [3.8, 4) is 0 Å². The molecule has 1 rings (SSSR count). The van der Waals surface area contributed by atoms with Gasteiger partial charge in [-0.2, -0.15) is 0 Å². The summed E-state index contributed by atoms with van der Waals surface area (Å²) in [6.45, 7) is 9.73. The Morgan fingerprint density at radius 3 is 2.10 bits per heavy atom. The second kappa shape index (κ2) is 10.0. The molecule has 3 N–H and O–H groups in total. The van der Waals surface area contributed by atoms with E-state index in [4.69, 9.17) is 19.0 Å². The molecule has 0 aliphatic carbocycles. The Bertz CT molecular complexity index is 387. The highest BCUT2D eigenvalue weighted by Crippen LogP contribution is 2.14. The first kappa shape index (κ1) is 18.3. The fraction of sp³-hybridized carbons (Fsp3) is 0.600. The Morgan fingerprint density at radius 1 is 1.00 bits per heavy atom. The van der Waals surface area contributed by atoms with Crippen LogP contribution in [0.25, 0.3) is 0 Å². The van der Waals surface area contributed by atoms with Gasteiger partial charge in [0.2, 0.25) is 0 Å². The quantitative estimate of drug-likeness (QED) is 0.471. The van der Waals surface area contributed by atoms with Gasteiger partial charge in [-0.05, 0) is 26.3 Å². The average Bonchev–Trinajstić information content (AvgIpc) is 2.49. The van der Waals surface area contributed by atoms with Crippen molar-refractivity contribution in [3.05, 3.63) is 29.8 Å². The Labute approximate surface area is 129 Å². The summed E-state index contributed by atoms with van der Waals surface area (Å²) < 4.78 is 18.0. The minimum Gasteiger partial charge on any atom is -0.370 e. The lowest BCUT2D eigenvalue weighted by Gasteiger charge is -2.30. The van der Waals surface area contributed by atoms with Crippen LogP contribution in [0.5, 0.6) is 0 Å². The van der Waals surface area contributed by atoms with Crippen LogP contribution in [0.3, 0.4) is 0 Å². The van der Waals surface area contributed by atoms with Crippen LogP contribution in [0.4, 0.5) is 0 Å². The van der Waals surface area contributed by atoms with Crippen molar-refractivity contribution in [1.29, 1.82) is 0 Å². The molecule has 0 amide bonds. The number of nitrogens with two attached hydrogens (primary N) is 1. The lowest BCUT2D eigenvalue weighted by Crippen LogP contribution is -2.58. The first-order chi connectivity index (χ1) is 10.2. The largest absolute Gasteiger partial charge is 0.537 e. The first-order valence-corrected chi connectivity index (χ1v) is 9.37. The highest BCUT2D eigenvalue weighted by molar-refractivity contribution is 6.75. The summed E-state index contributed by atoms with van der Waals surface area (Å²) in [6.07, 6.45) is 0. The van der Waals surface area contributed by atoms with E-state index < -0.39 is 8.80 Å². The Kier molecular flexibility index (Phi) is 8.75. The molecule has 6 heteroatoms. The van der Waals surface area contributed by atoms with Crippen LogP contribution in [0, 0.1) is 0 Å². The average molecular weight is 312 g/mol. The Morgan fingerprint density at radius 2 is 1.57 bits per heavy atom. The summed E-state index contributed by atoms with van der Waals surface area (Å²) in [4.78, 5) is 0. The molecule has 0 atom stereocenters. The molecule has 0 aliphatic rings. The van der Waals surface area contributed by atoms with Gasteiger partial charge in [-0.25, -0.2) is 0 Å². The fourth-order valence-corrected chi connectivity index (χ4v) is 4.95. The smallest absolute Gasteiger partial charge is 0.370 e. The summed E-state index contributed by atoms with van der Waals surface area (Å²) in [5.41, 5.74) is 6.68. The van der Waals surface area contributed by atoms with Gasteiger partial charge < -0.3 is 24.3 Å². The van der Waals surface area contributed by atoms with Gasteiger partial charge in [0.15, 0.2) is 0 Å². The van der Waals surface area contributed by atoms with E-state index in [9.17, 15) is 0 Å². The van der Waals surface area contributed by atoms with Crippen molar-refractivity contribution in [1.82, 2.24) is 5.32 Å². The zero-order valence-corrected chi connectivity index (χ0v) is 14.4. The van der Waals surface area contributed by atoms with Gasteiger partial charge in [-0.3, -0.25) is 0 Å². The van der Waals surface area contributed by atoms with Gasteiger partial charge in [0.25, 0.3) is 0 Å². The number of hydrogen-bond donors (Lipinski definition) is 2. The van der Waals surface area contributed by atoms with Crippen molar-refractivity contribution >= 4 is 14.0 Å². The summed E-state index contributed by atoms with van der Waals surface area (Å²) in [6, 6.07) is 8.15. The predicted molar refractivity (Wildman–Crippen MR) is 87.5 cm³/mol. The van der Waals surface area contributed by atoms with Gasteiger partial charge in [0, 0.05) is 44.6 Å². The number of nitrogens with one attached hydrogen (secondary N) is 1. The van der Waals surface area contributed by atoms with E-state index in [1.165, 1.54) is 0 Å². The fourth-order valence-electron chi connectivity index (χ4n) is 2.23. The van der Waals surface area contributed by atoms with Crippen molar-refractivity contribution in [2.75, 3.05) is 32.9 Å². The van der Waals surface area contributed by atoms with Gasteiger partial charge in [-0.15, -0.1) is 0 Å². The topological polar surface area (TPSA) is 65.7 Å². The molecule has 0 saturated heterocycles. The molecule has 0 heterocycles. The van der Waals surface area contributed by atoms with Crippen molar-refractivity contribution in [2.24, 2.45) is 5.73 Å². The van der Waals surface area contributed by atoms with Crippen LogP contribution < -0.4 is 16.2 Å². The summed E-state index contributed by atoms with van der Waals surface area (Å²) in [7, 11) is -2.85. The maximum atomic E-state index is 5.99. The molecule has 0 fully saturated rings. The zero-order valence-electron chi connectivity index (χ0n) is 13.4. The van der Waals surface area contributed by atoms with Crippen LogP contribution in [-0.4, -0.2) is 41.7 Å². The van der Waals surface area contributed by atoms with Crippen LogP contribution in [0.2, 0.25) is 0 Å². The molecule has 1 aromatic rings. The van der Waals surface area contributed by atoms with Crippen molar-refractivity contribution < 1.29 is 13.3 Å². The number of rotatable bonds is 11. The van der Waals surface area contributed by atoms with E-state index in [1.54, 1.807) is 0 Å². The standard InChI is InChI=1S/C15H28N2O3Si/c1-4-18-21(19-5-2,20-6-3)15-10-8-7-9-14(15)13-17-12-11-16/h7-10,17H,4-6,11-13,16H2,1-3H3. The molecule has 0 unspecified atom stereocenters. The molecule has 0 saturated carbocycles. The van der Waals surface area contributed by atoms with Gasteiger partial charge in [-0.1, -0.05) is 24.3 Å². The van der Waals surface area contributed by atoms with Gasteiger partial charge in [0.1, 0.15) is 0 Å². The minimum absolute atomic E-state index is 0.566. The minimum atomic E-state index is -2.85. The highest BCUT2D eigenvalue weighted by Gasteiger charge is 2.44. The molecular formula is C15H28N2O3Si. The third kappa shape index (κ3) is 5.17. The summed E-state index contributed by atoms with van der Waals surface area (Å²) in [5.74, 6) is 0. The molecule has 1 aromatic carbocycles. The molecule has 5 nitrogen and oxygen atoms in total. The molecule has 0 aromatic heterocycles. The lowest BCUT2D eigenvalue weighted by atomic mass is 10.2. The Balaban J connectivity index is 3.09. The maximum Gasteiger partial charge on any atom is 0.537 e. The predicted octanol–water partition coefficient (Wildman–Crippen LogP) is 0.990. The maximum absolute atomic E-state index is 5.99. The van der Waals surface area contributed by atoms with E-state index in [0.717, 1.165) is 23.8 Å². The second-order valence-electron chi connectivity index (χ2n) is 4.48. The second-order valence-corrected chi connectivity index (χ2v) is 6.99. The molecule has 0 spiro atoms. The van der Waals surface area contributed by atoms with E-state index in [-0.39, 0.29) is 0 Å². The zero-order chi connectivity index (χ0) is 15.6. The third-order valence-electron chi connectivity index (χ3n) is 2.99. The lowest BCUT2D eigenvalue weighted by molar-refractivity contribution is 0.0857. The summed E-state index contributed by atoms with van der Waals surface area (Å²) >= 11 is 0. The van der Waals surface area contributed by atoms with E-state index >= 15 is 0 Å². The summed E-state index contributed by atoms with van der Waals surface area (Å²) in [5, 5.41) is 4.36. The molecular weight excluding hydrogens is 284 g/mol. The molecule has 0 bridgehead atoms. The van der Waals surface area contributed by atoms with Crippen LogP contribution in [-0.2, 0) is 19.8 Å². The molecule has 0 aliphatic heterocycles. The first-order valence-electron chi connectivity index (χ1n) is 7.65. The van der Waals surface area contributed by atoms with Gasteiger partial charge in [0.05, 0.1) is 0 Å². The van der Waals surface area contributed by atoms with E-state index in [2.05, 4.69) is 11.4 Å². The molecule has 21 heavy (non-hydrogen) atoms. The molecule has 120 valence electrons. The number of benzene rings is 1. The Hall–Kier alpha value is -0.763.